The fraction of sp³-hybridized carbons (Fsp3) is 0.167. The molecule has 0 aliphatic carbocycles. The lowest BCUT2D eigenvalue weighted by atomic mass is 10.2. The molecule has 154 valence electrons. The van der Waals surface area contributed by atoms with Crippen molar-refractivity contribution in [2.24, 2.45) is 0 Å². The normalized spacial score (nSPS) is 11.3. The summed E-state index contributed by atoms with van der Waals surface area (Å²) in [6, 6.07) is 9.64. The van der Waals surface area contributed by atoms with Crippen molar-refractivity contribution in [2.45, 2.75) is 11.4 Å². The van der Waals surface area contributed by atoms with Crippen molar-refractivity contribution in [3.05, 3.63) is 62.7 Å². The molecule has 0 spiro atoms. The van der Waals surface area contributed by atoms with Crippen molar-refractivity contribution in [1.82, 2.24) is 9.78 Å². The molecular formula is C18H16BrCl2N3O4S. The molecule has 0 fully saturated rings. The smallest absolute Gasteiger partial charge is 0.266 e. The number of halogens is 3. The SMILES string of the molecule is COc1ccc(OC)c(S(=O)(=O)Nc2nn(Cc3ccc(Cl)cc3Cl)cc2Br)c1. The first kappa shape index (κ1) is 21.8. The van der Waals surface area contributed by atoms with Crippen LogP contribution in [0.3, 0.4) is 0 Å². The number of methoxy groups -OCH3 is 2. The molecule has 11 heteroatoms. The minimum Gasteiger partial charge on any atom is -0.497 e. The van der Waals surface area contributed by atoms with Gasteiger partial charge in [0.15, 0.2) is 5.82 Å². The van der Waals surface area contributed by atoms with Gasteiger partial charge in [-0.2, -0.15) is 5.10 Å². The molecule has 0 unspecified atom stereocenters. The number of hydrogen-bond donors (Lipinski definition) is 1. The maximum atomic E-state index is 12.9. The van der Waals surface area contributed by atoms with Gasteiger partial charge in [-0.05, 0) is 45.8 Å². The molecule has 1 aromatic heterocycles. The third-order valence-electron chi connectivity index (χ3n) is 3.96. The number of nitrogens with one attached hydrogen (secondary N) is 1. The van der Waals surface area contributed by atoms with Crippen LogP contribution in [0.2, 0.25) is 10.0 Å². The van der Waals surface area contributed by atoms with Crippen molar-refractivity contribution in [3.8, 4) is 11.5 Å². The maximum absolute atomic E-state index is 12.9. The first-order valence-corrected chi connectivity index (χ1v) is 11.2. The summed E-state index contributed by atoms with van der Waals surface area (Å²) in [6.45, 7) is 0.332. The van der Waals surface area contributed by atoms with Gasteiger partial charge in [-0.25, -0.2) is 8.42 Å². The molecule has 29 heavy (non-hydrogen) atoms. The molecule has 0 amide bonds. The van der Waals surface area contributed by atoms with Gasteiger partial charge in [0.05, 0.1) is 25.2 Å². The van der Waals surface area contributed by atoms with Gasteiger partial charge in [0.2, 0.25) is 0 Å². The quantitative estimate of drug-likeness (QED) is 0.483. The van der Waals surface area contributed by atoms with Gasteiger partial charge in [0.25, 0.3) is 10.0 Å². The van der Waals surface area contributed by atoms with Crippen molar-refractivity contribution < 1.29 is 17.9 Å². The van der Waals surface area contributed by atoms with E-state index in [4.69, 9.17) is 32.7 Å². The summed E-state index contributed by atoms with van der Waals surface area (Å²) < 4.78 is 40.6. The molecule has 3 aromatic rings. The Morgan fingerprint density at radius 3 is 2.55 bits per heavy atom. The number of benzene rings is 2. The molecule has 1 N–H and O–H groups in total. The Balaban J connectivity index is 1.89. The van der Waals surface area contributed by atoms with E-state index in [1.807, 2.05) is 0 Å². The number of ether oxygens (including phenoxy) is 2. The van der Waals surface area contributed by atoms with E-state index in [0.29, 0.717) is 26.8 Å². The van der Waals surface area contributed by atoms with Crippen LogP contribution in [0.15, 0.2) is 52.0 Å². The zero-order valence-corrected chi connectivity index (χ0v) is 19.2. The van der Waals surface area contributed by atoms with Gasteiger partial charge >= 0.3 is 0 Å². The molecule has 0 bridgehead atoms. The molecule has 0 atom stereocenters. The minimum atomic E-state index is -3.99. The summed E-state index contributed by atoms with van der Waals surface area (Å²) in [4.78, 5) is -0.0680. The zero-order valence-electron chi connectivity index (χ0n) is 15.3. The zero-order chi connectivity index (χ0) is 21.2. The van der Waals surface area contributed by atoms with Gasteiger partial charge in [-0.3, -0.25) is 9.40 Å². The Hall–Kier alpha value is -1.94. The minimum absolute atomic E-state index is 0.0680. The second-order valence-corrected chi connectivity index (χ2v) is 9.23. The van der Waals surface area contributed by atoms with E-state index in [9.17, 15) is 8.42 Å². The maximum Gasteiger partial charge on any atom is 0.266 e. The third-order valence-corrected chi connectivity index (χ3v) is 6.48. The Labute approximate surface area is 186 Å². The highest BCUT2D eigenvalue weighted by molar-refractivity contribution is 9.10. The van der Waals surface area contributed by atoms with E-state index in [0.717, 1.165) is 5.56 Å². The van der Waals surface area contributed by atoms with Gasteiger partial charge < -0.3 is 9.47 Å². The lowest BCUT2D eigenvalue weighted by Gasteiger charge is -2.12. The predicted octanol–water partition coefficient (Wildman–Crippen LogP) is 4.82. The van der Waals surface area contributed by atoms with Crippen molar-refractivity contribution in [3.63, 3.8) is 0 Å². The van der Waals surface area contributed by atoms with Crippen LogP contribution >= 0.6 is 39.1 Å². The van der Waals surface area contributed by atoms with E-state index in [2.05, 4.69) is 25.8 Å². The highest BCUT2D eigenvalue weighted by Crippen LogP contribution is 2.31. The second kappa shape index (κ2) is 8.83. The lowest BCUT2D eigenvalue weighted by molar-refractivity contribution is 0.392. The van der Waals surface area contributed by atoms with Crippen molar-refractivity contribution in [1.29, 1.82) is 0 Å². The van der Waals surface area contributed by atoms with Crippen LogP contribution < -0.4 is 14.2 Å². The number of anilines is 1. The molecule has 0 radical (unpaired) electrons. The van der Waals surface area contributed by atoms with Gasteiger partial charge in [0.1, 0.15) is 16.4 Å². The summed E-state index contributed by atoms with van der Waals surface area (Å²) >= 11 is 15.4. The Morgan fingerprint density at radius 2 is 1.90 bits per heavy atom. The first-order chi connectivity index (χ1) is 13.7. The van der Waals surface area contributed by atoms with Crippen LogP contribution in [0.5, 0.6) is 11.5 Å². The highest BCUT2D eigenvalue weighted by atomic mass is 79.9. The Bertz CT molecular complexity index is 1150. The summed E-state index contributed by atoms with van der Waals surface area (Å²) in [6.07, 6.45) is 1.64. The van der Waals surface area contributed by atoms with Gasteiger partial charge in [-0.15, -0.1) is 0 Å². The lowest BCUT2D eigenvalue weighted by Crippen LogP contribution is -2.15. The standard InChI is InChI=1S/C18H16BrCl2N3O4S/c1-27-13-5-6-16(28-2)17(8-13)29(25,26)23-18-14(19)10-24(22-18)9-11-3-4-12(20)7-15(11)21/h3-8,10H,9H2,1-2H3,(H,22,23). The number of rotatable bonds is 7. The highest BCUT2D eigenvalue weighted by Gasteiger charge is 2.23. The average Bonchev–Trinajstić information content (AvgIpc) is 3.01. The average molecular weight is 521 g/mol. The molecule has 2 aromatic carbocycles. The molecule has 3 rings (SSSR count). The number of nitrogens with zero attached hydrogens (tertiary/aromatic N) is 2. The van der Waals surface area contributed by atoms with Crippen LogP contribution in [0.25, 0.3) is 0 Å². The number of aromatic nitrogens is 2. The Morgan fingerprint density at radius 1 is 1.14 bits per heavy atom. The van der Waals surface area contributed by atoms with E-state index in [1.165, 1.54) is 26.4 Å². The topological polar surface area (TPSA) is 82.4 Å². The van der Waals surface area contributed by atoms with E-state index < -0.39 is 10.0 Å². The van der Waals surface area contributed by atoms with Crippen molar-refractivity contribution in [2.75, 3.05) is 18.9 Å². The summed E-state index contributed by atoms with van der Waals surface area (Å²) in [7, 11) is -1.15. The summed E-state index contributed by atoms with van der Waals surface area (Å²) in [5.74, 6) is 0.690. The van der Waals surface area contributed by atoms with Crippen LogP contribution in [-0.4, -0.2) is 32.4 Å². The molecule has 1 heterocycles. The van der Waals surface area contributed by atoms with Crippen LogP contribution in [0, 0.1) is 0 Å². The molecule has 7 nitrogen and oxygen atoms in total. The van der Waals surface area contributed by atoms with E-state index in [-0.39, 0.29) is 16.5 Å². The fourth-order valence-corrected chi connectivity index (χ4v) is 4.76. The molecule has 0 saturated heterocycles. The molecular weight excluding hydrogens is 505 g/mol. The summed E-state index contributed by atoms with van der Waals surface area (Å²) in [5.41, 5.74) is 0.787. The number of hydrogen-bond acceptors (Lipinski definition) is 5. The van der Waals surface area contributed by atoms with Crippen molar-refractivity contribution >= 4 is 55.0 Å². The largest absolute Gasteiger partial charge is 0.497 e. The van der Waals surface area contributed by atoms with Crippen LogP contribution in [0.1, 0.15) is 5.56 Å². The molecule has 0 aliphatic rings. The van der Waals surface area contributed by atoms with Gasteiger partial charge in [0, 0.05) is 22.3 Å². The number of sulfonamides is 1. The fourth-order valence-electron chi connectivity index (χ4n) is 2.55. The monoisotopic (exact) mass is 519 g/mol. The second-order valence-electron chi connectivity index (χ2n) is 5.88. The third kappa shape index (κ3) is 4.98. The molecule has 0 aliphatic heterocycles. The van der Waals surface area contributed by atoms with E-state index in [1.54, 1.807) is 35.1 Å². The Kier molecular flexibility index (Phi) is 6.62. The summed E-state index contributed by atoms with van der Waals surface area (Å²) in [5, 5.41) is 5.31. The predicted molar refractivity (Wildman–Crippen MR) is 116 cm³/mol. The van der Waals surface area contributed by atoms with Crippen LogP contribution in [0.4, 0.5) is 5.82 Å². The van der Waals surface area contributed by atoms with E-state index >= 15 is 0 Å². The first-order valence-electron chi connectivity index (χ1n) is 8.15. The van der Waals surface area contributed by atoms with Gasteiger partial charge in [-0.1, -0.05) is 29.3 Å². The molecule has 0 saturated carbocycles. The van der Waals surface area contributed by atoms with Crippen LogP contribution in [-0.2, 0) is 16.6 Å².